The monoisotopic (exact) mass is 132 g/mol. The molecule has 1 atom stereocenters. The SMILES string of the molecule is CC1CCC(=C(F)F)C1. The van der Waals surface area contributed by atoms with E-state index in [1.807, 2.05) is 6.92 Å². The maximum absolute atomic E-state index is 11.8. The summed E-state index contributed by atoms with van der Waals surface area (Å²) in [5.41, 5.74) is 0.377. The fraction of sp³-hybridized carbons (Fsp3) is 0.714. The average molecular weight is 132 g/mol. The van der Waals surface area contributed by atoms with Crippen molar-refractivity contribution in [3.63, 3.8) is 0 Å². The summed E-state index contributed by atoms with van der Waals surface area (Å²) in [5.74, 6) is 0.474. The average Bonchev–Trinajstić information content (AvgIpc) is 2.14. The Kier molecular flexibility index (Phi) is 1.84. The van der Waals surface area contributed by atoms with Crippen molar-refractivity contribution in [2.75, 3.05) is 0 Å². The molecule has 0 aromatic heterocycles. The molecule has 0 amide bonds. The van der Waals surface area contributed by atoms with Gasteiger partial charge in [0.2, 0.25) is 0 Å². The zero-order valence-electron chi connectivity index (χ0n) is 5.45. The van der Waals surface area contributed by atoms with Crippen molar-refractivity contribution in [2.45, 2.75) is 26.2 Å². The number of allylic oxidation sites excluding steroid dienone is 1. The largest absolute Gasteiger partial charge is 0.269 e. The molecule has 0 aromatic carbocycles. The first kappa shape index (κ1) is 6.72. The molecule has 1 rings (SSSR count). The van der Waals surface area contributed by atoms with E-state index in [1.54, 1.807) is 0 Å². The lowest BCUT2D eigenvalue weighted by atomic mass is 10.1. The molecule has 9 heavy (non-hydrogen) atoms. The first-order valence-corrected chi connectivity index (χ1v) is 3.23. The smallest absolute Gasteiger partial charge is 0.173 e. The van der Waals surface area contributed by atoms with Gasteiger partial charge < -0.3 is 0 Å². The summed E-state index contributed by atoms with van der Waals surface area (Å²) in [6.45, 7) is 2.01. The second-order valence-electron chi connectivity index (χ2n) is 2.71. The van der Waals surface area contributed by atoms with Crippen LogP contribution in [0.5, 0.6) is 0 Å². The molecule has 0 spiro atoms. The zero-order chi connectivity index (χ0) is 6.85. The van der Waals surface area contributed by atoms with Gasteiger partial charge >= 0.3 is 0 Å². The van der Waals surface area contributed by atoms with Crippen molar-refractivity contribution in [1.82, 2.24) is 0 Å². The molecule has 1 fully saturated rings. The summed E-state index contributed by atoms with van der Waals surface area (Å²) in [6, 6.07) is 0. The van der Waals surface area contributed by atoms with E-state index in [-0.39, 0.29) is 0 Å². The van der Waals surface area contributed by atoms with Gasteiger partial charge in [-0.3, -0.25) is 0 Å². The molecule has 0 aromatic rings. The van der Waals surface area contributed by atoms with E-state index in [2.05, 4.69) is 0 Å². The van der Waals surface area contributed by atoms with Crippen molar-refractivity contribution < 1.29 is 8.78 Å². The Morgan fingerprint density at radius 1 is 1.56 bits per heavy atom. The van der Waals surface area contributed by atoms with Crippen molar-refractivity contribution in [2.24, 2.45) is 5.92 Å². The molecular weight excluding hydrogens is 122 g/mol. The van der Waals surface area contributed by atoms with E-state index >= 15 is 0 Å². The molecule has 0 bridgehead atoms. The standard InChI is InChI=1S/C7H10F2/c1-5-2-3-6(4-5)7(8)9/h5H,2-4H2,1H3. The fourth-order valence-corrected chi connectivity index (χ4v) is 1.22. The van der Waals surface area contributed by atoms with E-state index in [4.69, 9.17) is 0 Å². The van der Waals surface area contributed by atoms with E-state index < -0.39 is 6.08 Å². The molecular formula is C7H10F2. The summed E-state index contributed by atoms with van der Waals surface area (Å²) in [6.07, 6.45) is 0.720. The van der Waals surface area contributed by atoms with Gasteiger partial charge in [-0.15, -0.1) is 0 Å². The Labute approximate surface area is 53.6 Å². The Bertz CT molecular complexity index is 134. The highest BCUT2D eigenvalue weighted by molar-refractivity contribution is 5.07. The highest BCUT2D eigenvalue weighted by atomic mass is 19.3. The van der Waals surface area contributed by atoms with Crippen molar-refractivity contribution in [3.05, 3.63) is 11.7 Å². The minimum Gasteiger partial charge on any atom is -0.173 e. The van der Waals surface area contributed by atoms with Gasteiger partial charge in [0.05, 0.1) is 0 Å². The number of rotatable bonds is 0. The number of halogens is 2. The first-order valence-electron chi connectivity index (χ1n) is 3.23. The van der Waals surface area contributed by atoms with Crippen LogP contribution in [0, 0.1) is 5.92 Å². The van der Waals surface area contributed by atoms with E-state index in [1.165, 1.54) is 0 Å². The first-order chi connectivity index (χ1) is 4.20. The summed E-state index contributed by atoms with van der Waals surface area (Å²) < 4.78 is 23.6. The Hall–Kier alpha value is -0.400. The van der Waals surface area contributed by atoms with Crippen LogP contribution in [0.3, 0.4) is 0 Å². The lowest BCUT2D eigenvalue weighted by molar-refractivity contribution is 0.407. The van der Waals surface area contributed by atoms with Crippen LogP contribution in [-0.4, -0.2) is 0 Å². The van der Waals surface area contributed by atoms with Crippen LogP contribution in [0.4, 0.5) is 8.78 Å². The van der Waals surface area contributed by atoms with Gasteiger partial charge in [-0.2, -0.15) is 8.78 Å². The van der Waals surface area contributed by atoms with Crippen molar-refractivity contribution >= 4 is 0 Å². The van der Waals surface area contributed by atoms with Gasteiger partial charge in [-0.05, 0) is 30.8 Å². The lowest BCUT2D eigenvalue weighted by Gasteiger charge is -1.93. The maximum atomic E-state index is 11.8. The quantitative estimate of drug-likeness (QED) is 0.475. The summed E-state index contributed by atoms with van der Waals surface area (Å²) in [4.78, 5) is 0. The summed E-state index contributed by atoms with van der Waals surface area (Å²) >= 11 is 0. The maximum Gasteiger partial charge on any atom is 0.269 e. The Morgan fingerprint density at radius 2 is 2.22 bits per heavy atom. The zero-order valence-corrected chi connectivity index (χ0v) is 5.45. The molecule has 1 aliphatic carbocycles. The third-order valence-corrected chi connectivity index (χ3v) is 1.80. The van der Waals surface area contributed by atoms with E-state index in [9.17, 15) is 8.78 Å². The van der Waals surface area contributed by atoms with E-state index in [0.717, 1.165) is 6.42 Å². The van der Waals surface area contributed by atoms with Gasteiger partial charge in [0, 0.05) is 0 Å². The minimum absolute atomic E-state index is 0.377. The predicted octanol–water partition coefficient (Wildman–Crippen LogP) is 2.96. The normalized spacial score (nSPS) is 27.0. The molecule has 0 aliphatic heterocycles. The van der Waals surface area contributed by atoms with Crippen LogP contribution in [-0.2, 0) is 0 Å². The molecule has 0 saturated heterocycles. The second-order valence-corrected chi connectivity index (χ2v) is 2.71. The lowest BCUT2D eigenvalue weighted by Crippen LogP contribution is -1.81. The summed E-state index contributed by atoms with van der Waals surface area (Å²) in [7, 11) is 0. The molecule has 1 saturated carbocycles. The Balaban J connectivity index is 2.58. The van der Waals surface area contributed by atoms with Crippen LogP contribution in [0.25, 0.3) is 0 Å². The van der Waals surface area contributed by atoms with Crippen LogP contribution in [0.1, 0.15) is 26.2 Å². The highest BCUT2D eigenvalue weighted by Crippen LogP contribution is 2.32. The van der Waals surface area contributed by atoms with Gasteiger partial charge in [-0.25, -0.2) is 0 Å². The molecule has 0 N–H and O–H groups in total. The van der Waals surface area contributed by atoms with Gasteiger partial charge in [0.1, 0.15) is 0 Å². The molecule has 1 unspecified atom stereocenters. The fourth-order valence-electron chi connectivity index (χ4n) is 1.22. The molecule has 0 heterocycles. The van der Waals surface area contributed by atoms with Crippen molar-refractivity contribution in [3.8, 4) is 0 Å². The molecule has 0 nitrogen and oxygen atoms in total. The van der Waals surface area contributed by atoms with Crippen LogP contribution < -0.4 is 0 Å². The van der Waals surface area contributed by atoms with Gasteiger partial charge in [0.25, 0.3) is 6.08 Å². The van der Waals surface area contributed by atoms with Crippen LogP contribution in [0.2, 0.25) is 0 Å². The topological polar surface area (TPSA) is 0 Å². The minimum atomic E-state index is -1.45. The Morgan fingerprint density at radius 3 is 2.44 bits per heavy atom. The van der Waals surface area contributed by atoms with Gasteiger partial charge in [0.15, 0.2) is 0 Å². The molecule has 52 valence electrons. The molecule has 1 aliphatic rings. The number of hydrogen-bond donors (Lipinski definition) is 0. The van der Waals surface area contributed by atoms with E-state index in [0.29, 0.717) is 24.3 Å². The summed E-state index contributed by atoms with van der Waals surface area (Å²) in [5, 5.41) is 0. The third kappa shape index (κ3) is 1.50. The van der Waals surface area contributed by atoms with Crippen LogP contribution in [0.15, 0.2) is 11.7 Å². The van der Waals surface area contributed by atoms with Crippen molar-refractivity contribution in [1.29, 1.82) is 0 Å². The predicted molar refractivity (Wildman–Crippen MR) is 32.3 cm³/mol. The molecule has 0 radical (unpaired) electrons. The highest BCUT2D eigenvalue weighted by Gasteiger charge is 2.18. The second kappa shape index (κ2) is 2.46. The number of hydrogen-bond acceptors (Lipinski definition) is 0. The van der Waals surface area contributed by atoms with Crippen LogP contribution >= 0.6 is 0 Å². The molecule has 2 heteroatoms. The van der Waals surface area contributed by atoms with Gasteiger partial charge in [-0.1, -0.05) is 6.92 Å². The third-order valence-electron chi connectivity index (χ3n) is 1.80.